The molecule has 0 atom stereocenters. The summed E-state index contributed by atoms with van der Waals surface area (Å²) in [5.41, 5.74) is 0.754. The maximum Gasteiger partial charge on any atom is 0.243 e. The smallest absolute Gasteiger partial charge is 0.243 e. The molecule has 2 rings (SSSR count). The first kappa shape index (κ1) is 17.0. The molecule has 1 saturated heterocycles. The number of amides is 1. The highest BCUT2D eigenvalue weighted by molar-refractivity contribution is 7.89. The van der Waals surface area contributed by atoms with Crippen molar-refractivity contribution in [3.05, 3.63) is 29.8 Å². The zero-order chi connectivity index (χ0) is 16.2. The van der Waals surface area contributed by atoms with Gasteiger partial charge in [0.05, 0.1) is 4.90 Å². The molecule has 0 aliphatic carbocycles. The molecule has 0 aromatic heterocycles. The SMILES string of the molecule is CCCCC(=O)N1CCN(S(=O)(=O)c2ccccc2C)CC1. The van der Waals surface area contributed by atoms with E-state index in [9.17, 15) is 13.2 Å². The van der Waals surface area contributed by atoms with E-state index in [1.807, 2.05) is 6.07 Å². The van der Waals surface area contributed by atoms with Crippen molar-refractivity contribution in [1.29, 1.82) is 0 Å². The first-order chi connectivity index (χ1) is 10.5. The monoisotopic (exact) mass is 324 g/mol. The van der Waals surface area contributed by atoms with E-state index < -0.39 is 10.0 Å². The summed E-state index contributed by atoms with van der Waals surface area (Å²) < 4.78 is 26.8. The van der Waals surface area contributed by atoms with Crippen molar-refractivity contribution < 1.29 is 13.2 Å². The predicted octanol–water partition coefficient (Wildman–Crippen LogP) is 2.02. The molecule has 0 N–H and O–H groups in total. The van der Waals surface area contributed by atoms with E-state index in [0.29, 0.717) is 37.5 Å². The third kappa shape index (κ3) is 3.67. The largest absolute Gasteiger partial charge is 0.340 e. The molecule has 1 aromatic carbocycles. The molecule has 5 nitrogen and oxygen atoms in total. The zero-order valence-corrected chi connectivity index (χ0v) is 14.1. The number of benzene rings is 1. The predicted molar refractivity (Wildman–Crippen MR) is 86.0 cm³/mol. The fourth-order valence-corrected chi connectivity index (χ4v) is 4.30. The minimum absolute atomic E-state index is 0.134. The summed E-state index contributed by atoms with van der Waals surface area (Å²) in [6.45, 7) is 5.56. The highest BCUT2D eigenvalue weighted by Gasteiger charge is 2.30. The van der Waals surface area contributed by atoms with Crippen molar-refractivity contribution in [3.63, 3.8) is 0 Å². The van der Waals surface area contributed by atoms with E-state index in [4.69, 9.17) is 0 Å². The molecule has 6 heteroatoms. The van der Waals surface area contributed by atoms with Crippen LogP contribution in [0.2, 0.25) is 0 Å². The van der Waals surface area contributed by atoms with E-state index in [1.165, 1.54) is 4.31 Å². The highest BCUT2D eigenvalue weighted by Crippen LogP contribution is 2.21. The van der Waals surface area contributed by atoms with Crippen LogP contribution >= 0.6 is 0 Å². The standard InChI is InChI=1S/C16H24N2O3S/c1-3-4-9-16(19)17-10-12-18(13-11-17)22(20,21)15-8-6-5-7-14(15)2/h5-8H,3-4,9-13H2,1-2H3. The zero-order valence-electron chi connectivity index (χ0n) is 13.3. The first-order valence-electron chi connectivity index (χ1n) is 7.80. The van der Waals surface area contributed by atoms with Crippen molar-refractivity contribution in [2.24, 2.45) is 0 Å². The van der Waals surface area contributed by atoms with Gasteiger partial charge >= 0.3 is 0 Å². The number of carbonyl (C=O) groups excluding carboxylic acids is 1. The van der Waals surface area contributed by atoms with Gasteiger partial charge in [-0.25, -0.2) is 8.42 Å². The topological polar surface area (TPSA) is 57.7 Å². The summed E-state index contributed by atoms with van der Waals surface area (Å²) in [7, 11) is -3.46. The number of piperazine rings is 1. The lowest BCUT2D eigenvalue weighted by molar-refractivity contribution is -0.132. The number of rotatable bonds is 5. The van der Waals surface area contributed by atoms with Crippen LogP contribution in [0.4, 0.5) is 0 Å². The van der Waals surface area contributed by atoms with Crippen LogP contribution < -0.4 is 0 Å². The van der Waals surface area contributed by atoms with Crippen molar-refractivity contribution in [2.75, 3.05) is 26.2 Å². The van der Waals surface area contributed by atoms with Crippen molar-refractivity contribution >= 4 is 15.9 Å². The maximum absolute atomic E-state index is 12.7. The third-order valence-electron chi connectivity index (χ3n) is 4.05. The second kappa shape index (κ2) is 7.24. The summed E-state index contributed by atoms with van der Waals surface area (Å²) in [4.78, 5) is 14.1. The Morgan fingerprint density at radius 3 is 2.36 bits per heavy atom. The van der Waals surface area contributed by atoms with E-state index in [1.54, 1.807) is 30.0 Å². The lowest BCUT2D eigenvalue weighted by atomic mass is 10.2. The molecule has 122 valence electrons. The summed E-state index contributed by atoms with van der Waals surface area (Å²) >= 11 is 0. The molecule has 0 spiro atoms. The average Bonchev–Trinajstić information content (AvgIpc) is 2.53. The van der Waals surface area contributed by atoms with Crippen LogP contribution in [0.5, 0.6) is 0 Å². The van der Waals surface area contributed by atoms with Crippen LogP contribution in [0.1, 0.15) is 31.7 Å². The van der Waals surface area contributed by atoms with Crippen LogP contribution in [0.25, 0.3) is 0 Å². The van der Waals surface area contributed by atoms with Gasteiger partial charge in [0.1, 0.15) is 0 Å². The molecular formula is C16H24N2O3S. The Morgan fingerprint density at radius 2 is 1.77 bits per heavy atom. The number of carbonyl (C=O) groups is 1. The molecule has 22 heavy (non-hydrogen) atoms. The van der Waals surface area contributed by atoms with E-state index in [-0.39, 0.29) is 5.91 Å². The molecule has 1 aromatic rings. The van der Waals surface area contributed by atoms with Gasteiger partial charge in [0, 0.05) is 32.6 Å². The summed E-state index contributed by atoms with van der Waals surface area (Å²) in [6.07, 6.45) is 2.44. The van der Waals surface area contributed by atoms with E-state index in [0.717, 1.165) is 18.4 Å². The van der Waals surface area contributed by atoms with Gasteiger partial charge < -0.3 is 4.90 Å². The number of aryl methyl sites for hydroxylation is 1. The summed E-state index contributed by atoms with van der Waals surface area (Å²) in [5, 5.41) is 0. The summed E-state index contributed by atoms with van der Waals surface area (Å²) in [5.74, 6) is 0.134. The molecular weight excluding hydrogens is 300 g/mol. The van der Waals surface area contributed by atoms with Crippen LogP contribution in [-0.2, 0) is 14.8 Å². The van der Waals surface area contributed by atoms with Gasteiger partial charge in [0.15, 0.2) is 0 Å². The molecule has 0 unspecified atom stereocenters. The van der Waals surface area contributed by atoms with E-state index in [2.05, 4.69) is 6.92 Å². The van der Waals surface area contributed by atoms with Crippen LogP contribution in [0.15, 0.2) is 29.2 Å². The number of sulfonamides is 1. The average molecular weight is 324 g/mol. The van der Waals surface area contributed by atoms with Gasteiger partial charge in [-0.05, 0) is 25.0 Å². The quantitative estimate of drug-likeness (QED) is 0.832. The third-order valence-corrected chi connectivity index (χ3v) is 6.11. The Hall–Kier alpha value is -1.40. The van der Waals surface area contributed by atoms with E-state index >= 15 is 0 Å². The Bertz CT molecular complexity index is 620. The number of unbranched alkanes of at least 4 members (excludes halogenated alkanes) is 1. The van der Waals surface area contributed by atoms with Gasteiger partial charge in [-0.2, -0.15) is 4.31 Å². The minimum Gasteiger partial charge on any atom is -0.340 e. The lowest BCUT2D eigenvalue weighted by Gasteiger charge is -2.34. The molecule has 0 radical (unpaired) electrons. The Labute approximate surface area is 133 Å². The highest BCUT2D eigenvalue weighted by atomic mass is 32.2. The normalized spacial score (nSPS) is 16.7. The lowest BCUT2D eigenvalue weighted by Crippen LogP contribution is -2.50. The molecule has 1 fully saturated rings. The fourth-order valence-electron chi connectivity index (χ4n) is 2.65. The second-order valence-corrected chi connectivity index (χ2v) is 7.56. The van der Waals surface area contributed by atoms with Crippen LogP contribution in [-0.4, -0.2) is 49.7 Å². The second-order valence-electron chi connectivity index (χ2n) is 5.65. The molecule has 1 aliphatic rings. The number of nitrogens with zero attached hydrogens (tertiary/aromatic N) is 2. The van der Waals surface area contributed by atoms with Crippen LogP contribution in [0, 0.1) is 6.92 Å². The molecule has 1 aliphatic heterocycles. The van der Waals surface area contributed by atoms with Crippen molar-refractivity contribution in [1.82, 2.24) is 9.21 Å². The fraction of sp³-hybridized carbons (Fsp3) is 0.562. The first-order valence-corrected chi connectivity index (χ1v) is 9.24. The van der Waals surface area contributed by atoms with Gasteiger partial charge in [-0.1, -0.05) is 31.5 Å². The molecule has 1 heterocycles. The van der Waals surface area contributed by atoms with Gasteiger partial charge in [0.25, 0.3) is 0 Å². The van der Waals surface area contributed by atoms with Crippen molar-refractivity contribution in [2.45, 2.75) is 38.0 Å². The maximum atomic E-state index is 12.7. The molecule has 0 saturated carbocycles. The Kier molecular flexibility index (Phi) is 5.58. The van der Waals surface area contributed by atoms with Gasteiger partial charge in [-0.15, -0.1) is 0 Å². The number of hydrogen-bond acceptors (Lipinski definition) is 3. The summed E-state index contributed by atoms with van der Waals surface area (Å²) in [6, 6.07) is 7.02. The van der Waals surface area contributed by atoms with Gasteiger partial charge in [0.2, 0.25) is 15.9 Å². The molecule has 1 amide bonds. The molecule has 0 bridgehead atoms. The Morgan fingerprint density at radius 1 is 1.14 bits per heavy atom. The van der Waals surface area contributed by atoms with Crippen molar-refractivity contribution in [3.8, 4) is 0 Å². The Balaban J connectivity index is 2.02. The van der Waals surface area contributed by atoms with Crippen LogP contribution in [0.3, 0.4) is 0 Å². The van der Waals surface area contributed by atoms with Gasteiger partial charge in [-0.3, -0.25) is 4.79 Å². The minimum atomic E-state index is -3.46. The number of hydrogen-bond donors (Lipinski definition) is 0.